The van der Waals surface area contributed by atoms with Crippen molar-refractivity contribution in [1.29, 1.82) is 0 Å². The average Bonchev–Trinajstić information content (AvgIpc) is 3.09. The third kappa shape index (κ3) is 5.25. The van der Waals surface area contributed by atoms with E-state index in [1.54, 1.807) is 0 Å². The van der Waals surface area contributed by atoms with Gasteiger partial charge in [0.25, 0.3) is 11.5 Å². The van der Waals surface area contributed by atoms with Crippen molar-refractivity contribution < 1.29 is 53.8 Å². The van der Waals surface area contributed by atoms with Crippen LogP contribution in [-0.4, -0.2) is 39.9 Å². The van der Waals surface area contributed by atoms with Crippen molar-refractivity contribution in [2.45, 2.75) is 35.1 Å². The van der Waals surface area contributed by atoms with E-state index in [1.165, 1.54) is 18.2 Å². The summed E-state index contributed by atoms with van der Waals surface area (Å²) in [4.78, 5) is 12.4. The highest BCUT2D eigenvalue weighted by Gasteiger charge is 2.66. The summed E-state index contributed by atoms with van der Waals surface area (Å²) in [6.45, 7) is 0. The molecule has 0 N–H and O–H groups in total. The van der Waals surface area contributed by atoms with E-state index in [0.29, 0.717) is 13.4 Å². The van der Waals surface area contributed by atoms with Crippen LogP contribution in [0.4, 0.5) is 26.3 Å². The number of benzene rings is 3. The van der Waals surface area contributed by atoms with Crippen LogP contribution >= 0.6 is 11.6 Å². The lowest BCUT2D eigenvalue weighted by Crippen LogP contribution is -2.52. The molecular formula is C26H19ClF6O6S. The summed E-state index contributed by atoms with van der Waals surface area (Å²) in [5.74, 6) is -7.76. The van der Waals surface area contributed by atoms with E-state index < -0.39 is 73.4 Å². The van der Waals surface area contributed by atoms with Gasteiger partial charge in [-0.1, -0.05) is 41.9 Å². The van der Waals surface area contributed by atoms with E-state index in [9.17, 15) is 30.8 Å². The van der Waals surface area contributed by atoms with Gasteiger partial charge in [-0.3, -0.25) is 0 Å². The molecule has 4 rings (SSSR count). The van der Waals surface area contributed by atoms with Crippen molar-refractivity contribution >= 4 is 27.4 Å². The Balaban J connectivity index is 1.87. The third-order valence-corrected chi connectivity index (χ3v) is 7.57. The average molecular weight is 609 g/mol. The number of hydrogen-bond donors (Lipinski definition) is 0. The summed E-state index contributed by atoms with van der Waals surface area (Å²) in [5.41, 5.74) is -5.81. The molecular weight excluding hydrogens is 590 g/mol. The highest BCUT2D eigenvalue weighted by molar-refractivity contribution is 7.90. The van der Waals surface area contributed by atoms with Gasteiger partial charge in [0.1, 0.15) is 17.3 Å². The van der Waals surface area contributed by atoms with Crippen LogP contribution in [0.1, 0.15) is 22.8 Å². The molecule has 3 aromatic rings. The number of carbonyl (C=O) groups excluding carboxylic acids is 1. The molecule has 3 aromatic carbocycles. The first-order valence-corrected chi connectivity index (χ1v) is 13.5. The lowest BCUT2D eigenvalue weighted by molar-refractivity contribution is -0.282. The number of sulfone groups is 1. The molecule has 40 heavy (non-hydrogen) atoms. The lowest BCUT2D eigenvalue weighted by Gasteiger charge is -2.34. The highest BCUT2D eigenvalue weighted by Crippen LogP contribution is 2.53. The largest absolute Gasteiger partial charge is 0.457 e. The van der Waals surface area contributed by atoms with Crippen molar-refractivity contribution in [2.75, 3.05) is 13.4 Å². The highest BCUT2D eigenvalue weighted by atomic mass is 35.5. The minimum Gasteiger partial charge on any atom is -0.457 e. The second kappa shape index (κ2) is 10.3. The first-order chi connectivity index (χ1) is 18.5. The Bertz CT molecular complexity index is 1540. The molecule has 0 radical (unpaired) electrons. The second-order valence-corrected chi connectivity index (χ2v) is 11.3. The third-order valence-electron chi connectivity index (χ3n) is 6.19. The minimum atomic E-state index is -5.47. The second-order valence-electron chi connectivity index (χ2n) is 8.91. The zero-order valence-electron chi connectivity index (χ0n) is 20.6. The Morgan fingerprint density at radius 2 is 1.70 bits per heavy atom. The molecule has 214 valence electrons. The van der Waals surface area contributed by atoms with Gasteiger partial charge in [0.2, 0.25) is 0 Å². The maximum Gasteiger partial charge on any atom is 0.432 e. The Hall–Kier alpha value is -3.29. The number of carbonyl (C=O) groups is 1. The van der Waals surface area contributed by atoms with Gasteiger partial charge in [0.05, 0.1) is 4.90 Å². The number of ether oxygens (including phenoxy) is 3. The van der Waals surface area contributed by atoms with Gasteiger partial charge in [0.15, 0.2) is 15.9 Å². The number of esters is 1. The molecule has 6 nitrogen and oxygen atoms in total. The Kier molecular flexibility index (Phi) is 7.63. The van der Waals surface area contributed by atoms with Gasteiger partial charge in [0, 0.05) is 47.6 Å². The van der Waals surface area contributed by atoms with E-state index in [2.05, 4.69) is 4.74 Å². The molecule has 1 aliphatic rings. The monoisotopic (exact) mass is 608 g/mol. The standard InChI is InChI=1S/C26H19ClF6O6S/c1-37-25(26(31,32)33,14-6-4-3-5-7-14)23(34)39-22-21-18(13-24(22,29)30)19(8-9-20(21)40(2,35)36)38-17-11-15(27)10-16(28)12-17/h3-12,22H,13H2,1-2H3/t22-,25-/m0/s1. The number of hydrogen-bond acceptors (Lipinski definition) is 6. The molecule has 0 spiro atoms. The fraction of sp³-hybridized carbons (Fsp3) is 0.269. The van der Waals surface area contributed by atoms with E-state index in [1.807, 2.05) is 0 Å². The first kappa shape index (κ1) is 29.7. The fourth-order valence-corrected chi connectivity index (χ4v) is 5.64. The van der Waals surface area contributed by atoms with Crippen molar-refractivity contribution in [1.82, 2.24) is 0 Å². The number of methoxy groups -OCH3 is 1. The van der Waals surface area contributed by atoms with E-state index in [-0.39, 0.29) is 16.5 Å². The van der Waals surface area contributed by atoms with Crippen molar-refractivity contribution in [3.05, 3.63) is 88.2 Å². The lowest BCUT2D eigenvalue weighted by atomic mass is 9.92. The van der Waals surface area contributed by atoms with Gasteiger partial charge in [-0.2, -0.15) is 13.2 Å². The van der Waals surface area contributed by atoms with Crippen LogP contribution < -0.4 is 4.74 Å². The van der Waals surface area contributed by atoms with Gasteiger partial charge in [-0.15, -0.1) is 0 Å². The van der Waals surface area contributed by atoms with Gasteiger partial charge in [-0.05, 0) is 24.3 Å². The SMILES string of the molecule is CO[C@](C(=O)O[C@H]1c2c(S(C)(=O)=O)ccc(Oc3cc(F)cc(Cl)c3)c2CC1(F)F)(c1ccccc1)C(F)(F)F. The number of halogens is 7. The molecule has 2 atom stereocenters. The van der Waals surface area contributed by atoms with Crippen molar-refractivity contribution in [3.8, 4) is 11.5 Å². The summed E-state index contributed by atoms with van der Waals surface area (Å²) in [5, 5.41) is -0.0968. The van der Waals surface area contributed by atoms with Crippen LogP contribution in [0.2, 0.25) is 5.02 Å². The summed E-state index contributed by atoms with van der Waals surface area (Å²) in [7, 11) is -3.73. The van der Waals surface area contributed by atoms with Gasteiger partial charge >= 0.3 is 12.1 Å². The summed E-state index contributed by atoms with van der Waals surface area (Å²) in [6, 6.07) is 10.4. The normalized spacial score (nSPS) is 18.1. The van der Waals surface area contributed by atoms with Crippen LogP contribution in [0, 0.1) is 5.82 Å². The fourth-order valence-electron chi connectivity index (χ4n) is 4.49. The molecule has 0 heterocycles. The maximum absolute atomic E-state index is 15.4. The molecule has 0 saturated carbocycles. The van der Waals surface area contributed by atoms with Crippen molar-refractivity contribution in [2.24, 2.45) is 0 Å². The molecule has 1 aliphatic carbocycles. The predicted octanol–water partition coefficient (Wildman–Crippen LogP) is 6.55. The van der Waals surface area contributed by atoms with Gasteiger partial charge in [-0.25, -0.2) is 26.4 Å². The van der Waals surface area contributed by atoms with Crippen molar-refractivity contribution in [3.63, 3.8) is 0 Å². The number of fused-ring (bicyclic) bond motifs is 1. The van der Waals surface area contributed by atoms with E-state index in [4.69, 9.17) is 21.1 Å². The summed E-state index contributed by atoms with van der Waals surface area (Å²) >= 11 is 5.81. The van der Waals surface area contributed by atoms with Gasteiger partial charge < -0.3 is 14.2 Å². The predicted molar refractivity (Wildman–Crippen MR) is 130 cm³/mol. The molecule has 0 aromatic heterocycles. The number of rotatable bonds is 7. The molecule has 0 saturated heterocycles. The molecule has 0 fully saturated rings. The molecule has 14 heteroatoms. The zero-order valence-corrected chi connectivity index (χ0v) is 22.1. The topological polar surface area (TPSA) is 78.9 Å². The Morgan fingerprint density at radius 1 is 1.05 bits per heavy atom. The van der Waals surface area contributed by atoms with E-state index >= 15 is 8.78 Å². The van der Waals surface area contributed by atoms with Crippen LogP contribution in [-0.2, 0) is 36.1 Å². The minimum absolute atomic E-state index is 0.0968. The summed E-state index contributed by atoms with van der Waals surface area (Å²) < 4.78 is 128. The van der Waals surface area contributed by atoms with Crippen LogP contribution in [0.25, 0.3) is 0 Å². The first-order valence-electron chi connectivity index (χ1n) is 11.3. The molecule has 0 amide bonds. The van der Waals surface area contributed by atoms with Crippen LogP contribution in [0.3, 0.4) is 0 Å². The quantitative estimate of drug-likeness (QED) is 0.223. The smallest absolute Gasteiger partial charge is 0.432 e. The maximum atomic E-state index is 15.4. The Morgan fingerprint density at radius 3 is 2.25 bits per heavy atom. The molecule has 0 aliphatic heterocycles. The molecule has 0 unspecified atom stereocenters. The van der Waals surface area contributed by atoms with Crippen LogP contribution in [0.5, 0.6) is 11.5 Å². The summed E-state index contributed by atoms with van der Waals surface area (Å²) in [6.07, 6.45) is -8.85. The van der Waals surface area contributed by atoms with E-state index in [0.717, 1.165) is 42.5 Å². The van der Waals surface area contributed by atoms with Crippen LogP contribution in [0.15, 0.2) is 65.6 Å². The Labute approximate surface area is 229 Å². The zero-order chi connectivity index (χ0) is 29.7. The molecule has 0 bridgehead atoms. The number of alkyl halides is 5.